The molecular formula is C16H15FN2O3S. The molecule has 3 rings (SSSR count). The van der Waals surface area contributed by atoms with E-state index in [1.807, 2.05) is 5.38 Å². The average Bonchev–Trinajstić information content (AvgIpc) is 3.12. The van der Waals surface area contributed by atoms with Gasteiger partial charge in [0.15, 0.2) is 0 Å². The van der Waals surface area contributed by atoms with Crippen molar-refractivity contribution >= 4 is 23.3 Å². The van der Waals surface area contributed by atoms with Crippen molar-refractivity contribution < 1.29 is 19.1 Å². The number of nitrogens with zero attached hydrogens (tertiary/aromatic N) is 1. The maximum absolute atomic E-state index is 12.9. The lowest BCUT2D eigenvalue weighted by Crippen LogP contribution is -2.41. The van der Waals surface area contributed by atoms with E-state index in [0.29, 0.717) is 11.1 Å². The minimum absolute atomic E-state index is 0.184. The van der Waals surface area contributed by atoms with Crippen molar-refractivity contribution in [3.63, 3.8) is 0 Å². The van der Waals surface area contributed by atoms with Gasteiger partial charge in [0.05, 0.1) is 12.6 Å². The molecule has 2 heterocycles. The Labute approximate surface area is 136 Å². The maximum atomic E-state index is 12.9. The van der Waals surface area contributed by atoms with Crippen LogP contribution in [-0.4, -0.2) is 28.5 Å². The number of carbonyl (C=O) groups is 2. The van der Waals surface area contributed by atoms with Gasteiger partial charge in [0.2, 0.25) is 0 Å². The summed E-state index contributed by atoms with van der Waals surface area (Å²) in [6.07, 6.45) is -1.07. The predicted octanol–water partition coefficient (Wildman–Crippen LogP) is 2.39. The van der Waals surface area contributed by atoms with Crippen LogP contribution in [-0.2, 0) is 10.3 Å². The van der Waals surface area contributed by atoms with E-state index in [1.54, 1.807) is 18.4 Å². The molecule has 7 heteroatoms. The lowest BCUT2D eigenvalue weighted by molar-refractivity contribution is -0.132. The van der Waals surface area contributed by atoms with Gasteiger partial charge < -0.3 is 10.4 Å². The summed E-state index contributed by atoms with van der Waals surface area (Å²) in [6.45, 7) is 1.45. The van der Waals surface area contributed by atoms with Crippen LogP contribution < -0.4 is 5.32 Å². The Hall–Kier alpha value is -2.25. The summed E-state index contributed by atoms with van der Waals surface area (Å²) in [5.41, 5.74) is 0.0235. The summed E-state index contributed by atoms with van der Waals surface area (Å²) in [4.78, 5) is 25.8. The van der Waals surface area contributed by atoms with Gasteiger partial charge in [-0.25, -0.2) is 9.18 Å². The first-order valence-corrected chi connectivity index (χ1v) is 7.96. The van der Waals surface area contributed by atoms with Crippen LogP contribution in [0, 0.1) is 5.82 Å². The normalized spacial score (nSPS) is 22.3. The fraction of sp³-hybridized carbons (Fsp3) is 0.250. The summed E-state index contributed by atoms with van der Waals surface area (Å²) < 4.78 is 12.9. The number of hydrogen-bond acceptors (Lipinski definition) is 4. The molecule has 120 valence electrons. The van der Waals surface area contributed by atoms with Gasteiger partial charge in [0.25, 0.3) is 5.91 Å². The number of imide groups is 1. The second-order valence-electron chi connectivity index (χ2n) is 5.55. The quantitative estimate of drug-likeness (QED) is 0.844. The number of halogens is 1. The largest absolute Gasteiger partial charge is 0.387 e. The average molecular weight is 334 g/mol. The highest BCUT2D eigenvalue weighted by atomic mass is 32.1. The van der Waals surface area contributed by atoms with E-state index < -0.39 is 29.4 Å². The topological polar surface area (TPSA) is 69.6 Å². The number of carbonyl (C=O) groups excluding carboxylic acids is 2. The maximum Gasteiger partial charge on any atom is 0.325 e. The van der Waals surface area contributed by atoms with Gasteiger partial charge in [-0.1, -0.05) is 12.1 Å². The SMILES string of the molecule is C[C@]1(c2ccsc2)NC(=O)N(C[C@@H](O)c2ccc(F)cc2)C1=O. The fourth-order valence-corrected chi connectivity index (χ4v) is 3.34. The molecule has 1 aromatic carbocycles. The molecule has 1 saturated heterocycles. The standard InChI is InChI=1S/C16H15FN2O3S/c1-16(11-6-7-23-9-11)14(21)19(15(22)18-16)8-13(20)10-2-4-12(17)5-3-10/h2-7,9,13,20H,8H2,1H3,(H,18,22)/t13-,16-/m1/s1. The van der Waals surface area contributed by atoms with Crippen LogP contribution in [0.1, 0.15) is 24.2 Å². The molecule has 0 bridgehead atoms. The molecule has 1 aliphatic heterocycles. The number of thiophene rings is 1. The highest BCUT2D eigenvalue weighted by Crippen LogP contribution is 2.31. The molecule has 0 spiro atoms. The molecule has 2 aromatic rings. The minimum Gasteiger partial charge on any atom is -0.387 e. The highest BCUT2D eigenvalue weighted by Gasteiger charge is 2.49. The van der Waals surface area contributed by atoms with Crippen LogP contribution in [0.4, 0.5) is 9.18 Å². The van der Waals surface area contributed by atoms with Crippen LogP contribution >= 0.6 is 11.3 Å². The van der Waals surface area contributed by atoms with Gasteiger partial charge in [0, 0.05) is 0 Å². The number of benzene rings is 1. The summed E-state index contributed by atoms with van der Waals surface area (Å²) >= 11 is 1.43. The zero-order valence-corrected chi connectivity index (χ0v) is 13.1. The monoisotopic (exact) mass is 334 g/mol. The summed E-state index contributed by atoms with van der Waals surface area (Å²) in [5.74, 6) is -0.831. The first-order chi connectivity index (χ1) is 10.9. The van der Waals surface area contributed by atoms with E-state index in [9.17, 15) is 19.1 Å². The van der Waals surface area contributed by atoms with Crippen LogP contribution in [0.25, 0.3) is 0 Å². The molecule has 2 N–H and O–H groups in total. The second kappa shape index (κ2) is 5.75. The Balaban J connectivity index is 1.79. The molecule has 1 fully saturated rings. The number of β-amino-alcohol motifs (C(OH)–C–C–N with tert-alkyl or cyclic N) is 1. The van der Waals surface area contributed by atoms with Crippen LogP contribution in [0.3, 0.4) is 0 Å². The van der Waals surface area contributed by atoms with Crippen molar-refractivity contribution in [2.24, 2.45) is 0 Å². The Morgan fingerprint density at radius 1 is 1.30 bits per heavy atom. The Morgan fingerprint density at radius 2 is 2.00 bits per heavy atom. The van der Waals surface area contributed by atoms with Crippen LogP contribution in [0.15, 0.2) is 41.1 Å². The van der Waals surface area contributed by atoms with E-state index in [-0.39, 0.29) is 6.54 Å². The minimum atomic E-state index is -1.13. The third kappa shape index (κ3) is 2.73. The molecule has 0 unspecified atom stereocenters. The fourth-order valence-electron chi connectivity index (χ4n) is 2.57. The summed E-state index contributed by atoms with van der Waals surface area (Å²) in [6, 6.07) is 6.53. The third-order valence-electron chi connectivity index (χ3n) is 3.98. The molecule has 5 nitrogen and oxygen atoms in total. The van der Waals surface area contributed by atoms with E-state index >= 15 is 0 Å². The number of aliphatic hydroxyl groups excluding tert-OH is 1. The van der Waals surface area contributed by atoms with Crippen molar-refractivity contribution in [1.29, 1.82) is 0 Å². The van der Waals surface area contributed by atoms with Crippen molar-refractivity contribution in [1.82, 2.24) is 10.2 Å². The Bertz CT molecular complexity index is 732. The molecule has 23 heavy (non-hydrogen) atoms. The van der Waals surface area contributed by atoms with Gasteiger partial charge in [0.1, 0.15) is 11.4 Å². The highest BCUT2D eigenvalue weighted by molar-refractivity contribution is 7.08. The van der Waals surface area contributed by atoms with Gasteiger partial charge in [-0.2, -0.15) is 11.3 Å². The van der Waals surface area contributed by atoms with E-state index in [0.717, 1.165) is 4.90 Å². The number of urea groups is 1. The van der Waals surface area contributed by atoms with Crippen molar-refractivity contribution in [2.45, 2.75) is 18.6 Å². The van der Waals surface area contributed by atoms with Crippen LogP contribution in [0.5, 0.6) is 0 Å². The molecule has 0 radical (unpaired) electrons. The number of hydrogen-bond donors (Lipinski definition) is 2. The molecule has 3 amide bonds. The molecule has 0 aliphatic carbocycles. The number of aliphatic hydroxyl groups is 1. The predicted molar refractivity (Wildman–Crippen MR) is 83.3 cm³/mol. The van der Waals surface area contributed by atoms with E-state index in [4.69, 9.17) is 0 Å². The van der Waals surface area contributed by atoms with Crippen LogP contribution in [0.2, 0.25) is 0 Å². The summed E-state index contributed by atoms with van der Waals surface area (Å²) in [7, 11) is 0. The van der Waals surface area contributed by atoms with Gasteiger partial charge in [-0.3, -0.25) is 9.69 Å². The smallest absolute Gasteiger partial charge is 0.325 e. The second-order valence-corrected chi connectivity index (χ2v) is 6.33. The van der Waals surface area contributed by atoms with Crippen molar-refractivity contribution in [3.8, 4) is 0 Å². The first-order valence-electron chi connectivity index (χ1n) is 7.02. The Morgan fingerprint density at radius 3 is 2.61 bits per heavy atom. The number of amides is 3. The first kappa shape index (κ1) is 15.6. The summed E-state index contributed by atoms with van der Waals surface area (Å²) in [5, 5.41) is 16.5. The molecule has 1 aliphatic rings. The zero-order valence-electron chi connectivity index (χ0n) is 12.3. The third-order valence-corrected chi connectivity index (χ3v) is 4.67. The van der Waals surface area contributed by atoms with Crippen molar-refractivity contribution in [3.05, 3.63) is 58.0 Å². The van der Waals surface area contributed by atoms with Gasteiger partial charge in [-0.15, -0.1) is 0 Å². The zero-order chi connectivity index (χ0) is 16.6. The molecular weight excluding hydrogens is 319 g/mol. The number of nitrogens with one attached hydrogen (secondary N) is 1. The van der Waals surface area contributed by atoms with Gasteiger partial charge >= 0.3 is 6.03 Å². The lowest BCUT2D eigenvalue weighted by atomic mass is 9.95. The Kier molecular flexibility index (Phi) is 3.91. The molecule has 1 aromatic heterocycles. The van der Waals surface area contributed by atoms with Crippen molar-refractivity contribution in [2.75, 3.05) is 6.54 Å². The van der Waals surface area contributed by atoms with Gasteiger partial charge in [-0.05, 0) is 47.0 Å². The molecule has 2 atom stereocenters. The number of rotatable bonds is 4. The lowest BCUT2D eigenvalue weighted by Gasteiger charge is -2.22. The van der Waals surface area contributed by atoms with E-state index in [2.05, 4.69) is 5.32 Å². The molecule has 0 saturated carbocycles. The van der Waals surface area contributed by atoms with E-state index in [1.165, 1.54) is 35.6 Å².